The topological polar surface area (TPSA) is 49.4 Å². The van der Waals surface area contributed by atoms with Gasteiger partial charge in [-0.15, -0.1) is 0 Å². The zero-order valence-corrected chi connectivity index (χ0v) is 17.5. The molecular formula is C24H31FN2O2. The van der Waals surface area contributed by atoms with Gasteiger partial charge in [-0.25, -0.2) is 4.39 Å². The molecule has 0 saturated heterocycles. The van der Waals surface area contributed by atoms with Crippen molar-refractivity contribution in [3.63, 3.8) is 0 Å². The smallest absolute Gasteiger partial charge is 0.242 e. The Bertz CT molecular complexity index is 792. The average Bonchev–Trinajstić information content (AvgIpc) is 2.71. The summed E-state index contributed by atoms with van der Waals surface area (Å²) in [5.74, 6) is -0.474. The van der Waals surface area contributed by atoms with Gasteiger partial charge in [-0.1, -0.05) is 69.3 Å². The highest BCUT2D eigenvalue weighted by molar-refractivity contribution is 5.88. The predicted molar refractivity (Wildman–Crippen MR) is 114 cm³/mol. The molecule has 0 aliphatic heterocycles. The zero-order valence-electron chi connectivity index (χ0n) is 17.5. The van der Waals surface area contributed by atoms with Crippen LogP contribution < -0.4 is 5.32 Å². The van der Waals surface area contributed by atoms with Crippen LogP contribution in [0.4, 0.5) is 4.39 Å². The quantitative estimate of drug-likeness (QED) is 0.658. The predicted octanol–water partition coefficient (Wildman–Crippen LogP) is 3.99. The standard InChI is InChI=1S/C24H31FN2O2/c1-4-22(24(29)26-17-18(2)3)27(15-14-19-10-6-5-7-11-19)23(28)16-20-12-8-9-13-21(20)25/h5-13,18,22H,4,14-17H2,1-3H3,(H,26,29)/t22-/m0/s1. The van der Waals surface area contributed by atoms with Gasteiger partial charge in [-0.2, -0.15) is 0 Å². The van der Waals surface area contributed by atoms with E-state index in [0.717, 1.165) is 5.56 Å². The molecule has 0 aliphatic carbocycles. The summed E-state index contributed by atoms with van der Waals surface area (Å²) in [6.45, 7) is 6.91. The summed E-state index contributed by atoms with van der Waals surface area (Å²) in [5.41, 5.74) is 1.44. The zero-order chi connectivity index (χ0) is 21.2. The minimum absolute atomic E-state index is 0.0601. The number of amides is 2. The van der Waals surface area contributed by atoms with Crippen LogP contribution in [-0.4, -0.2) is 35.8 Å². The van der Waals surface area contributed by atoms with Gasteiger partial charge >= 0.3 is 0 Å². The molecule has 156 valence electrons. The van der Waals surface area contributed by atoms with Crippen LogP contribution in [0.5, 0.6) is 0 Å². The first-order valence-electron chi connectivity index (χ1n) is 10.3. The van der Waals surface area contributed by atoms with Crippen LogP contribution in [0.25, 0.3) is 0 Å². The average molecular weight is 399 g/mol. The lowest BCUT2D eigenvalue weighted by Gasteiger charge is -2.31. The molecule has 1 N–H and O–H groups in total. The van der Waals surface area contributed by atoms with E-state index in [1.807, 2.05) is 51.1 Å². The van der Waals surface area contributed by atoms with Crippen molar-refractivity contribution in [2.45, 2.75) is 46.1 Å². The number of nitrogens with zero attached hydrogens (tertiary/aromatic N) is 1. The molecule has 2 aromatic rings. The van der Waals surface area contributed by atoms with Crippen molar-refractivity contribution >= 4 is 11.8 Å². The fourth-order valence-corrected chi connectivity index (χ4v) is 3.22. The van der Waals surface area contributed by atoms with Gasteiger partial charge in [0.2, 0.25) is 11.8 Å². The summed E-state index contributed by atoms with van der Waals surface area (Å²) in [6, 6.07) is 15.6. The highest BCUT2D eigenvalue weighted by Gasteiger charge is 2.28. The third-order valence-corrected chi connectivity index (χ3v) is 4.85. The van der Waals surface area contributed by atoms with Gasteiger partial charge < -0.3 is 10.2 Å². The molecular weight excluding hydrogens is 367 g/mol. The van der Waals surface area contributed by atoms with Gasteiger partial charge in [-0.05, 0) is 36.0 Å². The monoisotopic (exact) mass is 398 g/mol. The van der Waals surface area contributed by atoms with Gasteiger partial charge in [0.1, 0.15) is 11.9 Å². The molecule has 4 nitrogen and oxygen atoms in total. The summed E-state index contributed by atoms with van der Waals surface area (Å²) in [4.78, 5) is 27.5. The molecule has 2 amide bonds. The van der Waals surface area contributed by atoms with Gasteiger partial charge in [0, 0.05) is 13.1 Å². The van der Waals surface area contributed by atoms with E-state index in [0.29, 0.717) is 37.4 Å². The van der Waals surface area contributed by atoms with Crippen molar-refractivity contribution in [2.75, 3.05) is 13.1 Å². The lowest BCUT2D eigenvalue weighted by molar-refractivity contribution is -0.140. The van der Waals surface area contributed by atoms with Crippen LogP contribution in [0.3, 0.4) is 0 Å². The fourth-order valence-electron chi connectivity index (χ4n) is 3.22. The second-order valence-electron chi connectivity index (χ2n) is 7.65. The van der Waals surface area contributed by atoms with Crippen molar-refractivity contribution < 1.29 is 14.0 Å². The molecule has 0 fully saturated rings. The molecule has 0 radical (unpaired) electrons. The van der Waals surface area contributed by atoms with Crippen molar-refractivity contribution in [1.29, 1.82) is 0 Å². The summed E-state index contributed by atoms with van der Waals surface area (Å²) in [6.07, 6.45) is 1.08. The number of halogens is 1. The first-order valence-corrected chi connectivity index (χ1v) is 10.3. The maximum Gasteiger partial charge on any atom is 0.242 e. The van der Waals surface area contributed by atoms with E-state index in [1.54, 1.807) is 23.1 Å². The van der Waals surface area contributed by atoms with Crippen LogP contribution >= 0.6 is 0 Å². The molecule has 0 spiro atoms. The van der Waals surface area contributed by atoms with Gasteiger partial charge in [-0.3, -0.25) is 9.59 Å². The Morgan fingerprint density at radius 1 is 1.03 bits per heavy atom. The van der Waals surface area contributed by atoms with E-state index >= 15 is 0 Å². The Hall–Kier alpha value is -2.69. The highest BCUT2D eigenvalue weighted by Crippen LogP contribution is 2.14. The lowest BCUT2D eigenvalue weighted by atomic mass is 10.1. The number of carbonyl (C=O) groups excluding carboxylic acids is 2. The van der Waals surface area contributed by atoms with Crippen LogP contribution in [0.2, 0.25) is 0 Å². The molecule has 5 heteroatoms. The molecule has 0 bridgehead atoms. The second kappa shape index (κ2) is 11.3. The van der Waals surface area contributed by atoms with Gasteiger partial charge in [0.25, 0.3) is 0 Å². The number of nitrogens with one attached hydrogen (secondary N) is 1. The number of rotatable bonds is 10. The van der Waals surface area contributed by atoms with E-state index in [2.05, 4.69) is 5.32 Å². The van der Waals surface area contributed by atoms with Crippen LogP contribution in [0.1, 0.15) is 38.3 Å². The number of hydrogen-bond donors (Lipinski definition) is 1. The molecule has 29 heavy (non-hydrogen) atoms. The Balaban J connectivity index is 2.19. The van der Waals surface area contributed by atoms with Crippen molar-refractivity contribution in [3.05, 3.63) is 71.5 Å². The van der Waals surface area contributed by atoms with Crippen LogP contribution in [0, 0.1) is 11.7 Å². The molecule has 1 atom stereocenters. The first-order chi connectivity index (χ1) is 13.9. The van der Waals surface area contributed by atoms with Crippen molar-refractivity contribution in [1.82, 2.24) is 10.2 Å². The van der Waals surface area contributed by atoms with Gasteiger partial charge in [0.05, 0.1) is 6.42 Å². The maximum atomic E-state index is 14.1. The SMILES string of the molecule is CC[C@@H](C(=O)NCC(C)C)N(CCc1ccccc1)C(=O)Cc1ccccc1F. The van der Waals surface area contributed by atoms with E-state index < -0.39 is 11.9 Å². The molecule has 0 aromatic heterocycles. The van der Waals surface area contributed by atoms with E-state index in [-0.39, 0.29) is 18.2 Å². The number of hydrogen-bond acceptors (Lipinski definition) is 2. The molecule has 0 aliphatic rings. The molecule has 2 rings (SSSR count). The number of benzene rings is 2. The number of carbonyl (C=O) groups is 2. The van der Waals surface area contributed by atoms with Crippen molar-refractivity contribution in [3.8, 4) is 0 Å². The van der Waals surface area contributed by atoms with E-state index in [9.17, 15) is 14.0 Å². The third-order valence-electron chi connectivity index (χ3n) is 4.85. The van der Waals surface area contributed by atoms with Crippen molar-refractivity contribution in [2.24, 2.45) is 5.92 Å². The van der Waals surface area contributed by atoms with E-state index in [1.165, 1.54) is 6.07 Å². The van der Waals surface area contributed by atoms with Crippen LogP contribution in [-0.2, 0) is 22.4 Å². The highest BCUT2D eigenvalue weighted by atomic mass is 19.1. The van der Waals surface area contributed by atoms with E-state index in [4.69, 9.17) is 0 Å². The van der Waals surface area contributed by atoms with Crippen LogP contribution in [0.15, 0.2) is 54.6 Å². The lowest BCUT2D eigenvalue weighted by Crippen LogP contribution is -2.51. The minimum Gasteiger partial charge on any atom is -0.354 e. The maximum absolute atomic E-state index is 14.1. The minimum atomic E-state index is -0.572. The summed E-state index contributed by atoms with van der Waals surface area (Å²) in [5, 5.41) is 2.93. The molecule has 2 aromatic carbocycles. The molecule has 0 heterocycles. The Morgan fingerprint density at radius 2 is 1.69 bits per heavy atom. The largest absolute Gasteiger partial charge is 0.354 e. The summed E-state index contributed by atoms with van der Waals surface area (Å²) < 4.78 is 14.1. The van der Waals surface area contributed by atoms with Gasteiger partial charge in [0.15, 0.2) is 0 Å². The third kappa shape index (κ3) is 7.00. The normalized spacial score (nSPS) is 11.9. The Labute approximate surface area is 173 Å². The summed E-state index contributed by atoms with van der Waals surface area (Å²) >= 11 is 0. The fraction of sp³-hybridized carbons (Fsp3) is 0.417. The molecule has 0 saturated carbocycles. The molecule has 0 unspecified atom stereocenters. The first kappa shape index (κ1) is 22.6. The Kier molecular flexibility index (Phi) is 8.84. The Morgan fingerprint density at radius 3 is 2.31 bits per heavy atom. The second-order valence-corrected chi connectivity index (χ2v) is 7.65. The summed E-state index contributed by atoms with van der Waals surface area (Å²) in [7, 11) is 0.